The fraction of sp³-hybridized carbons (Fsp3) is 0.222. The highest BCUT2D eigenvalue weighted by atomic mass is 35.5. The van der Waals surface area contributed by atoms with Crippen molar-refractivity contribution < 1.29 is 14.3 Å². The molecule has 2 aromatic rings. The van der Waals surface area contributed by atoms with Gasteiger partial charge in [-0.05, 0) is 69.3 Å². The van der Waals surface area contributed by atoms with Gasteiger partial charge in [-0.1, -0.05) is 11.6 Å². The number of rotatable bonds is 3. The molecule has 0 heterocycles. The normalized spacial score (nSPS) is 10.8. The number of hydrogen-bond acceptors (Lipinski definition) is 3. The Kier molecular flexibility index (Phi) is 5.46. The lowest BCUT2D eigenvalue weighted by atomic mass is 10.2. The topological polar surface area (TPSA) is 67.4 Å². The van der Waals surface area contributed by atoms with E-state index >= 15 is 0 Å². The van der Waals surface area contributed by atoms with Crippen molar-refractivity contribution in [2.75, 3.05) is 10.6 Å². The van der Waals surface area contributed by atoms with E-state index in [1.807, 2.05) is 0 Å². The van der Waals surface area contributed by atoms with Gasteiger partial charge in [0, 0.05) is 22.0 Å². The van der Waals surface area contributed by atoms with E-state index in [9.17, 15) is 9.59 Å². The Bertz CT molecular complexity index is 719. The summed E-state index contributed by atoms with van der Waals surface area (Å²) in [7, 11) is 0. The molecule has 2 amide bonds. The molecule has 0 radical (unpaired) electrons. The molecule has 0 aromatic heterocycles. The first-order valence-electron chi connectivity index (χ1n) is 7.40. The van der Waals surface area contributed by atoms with E-state index in [1.54, 1.807) is 69.3 Å². The quantitative estimate of drug-likeness (QED) is 0.827. The van der Waals surface area contributed by atoms with Crippen LogP contribution in [0.3, 0.4) is 0 Å². The van der Waals surface area contributed by atoms with Crippen LogP contribution in [0.2, 0.25) is 5.02 Å². The summed E-state index contributed by atoms with van der Waals surface area (Å²) in [6, 6.07) is 13.4. The van der Waals surface area contributed by atoms with Crippen LogP contribution in [0.25, 0.3) is 0 Å². The number of anilines is 2. The zero-order chi connectivity index (χ0) is 17.7. The number of carbonyl (C=O) groups is 2. The first-order valence-corrected chi connectivity index (χ1v) is 7.78. The molecule has 0 spiro atoms. The van der Waals surface area contributed by atoms with E-state index in [1.165, 1.54) is 0 Å². The Hall–Kier alpha value is -2.53. The molecule has 0 aliphatic heterocycles. The molecule has 0 atom stereocenters. The van der Waals surface area contributed by atoms with Crippen LogP contribution < -0.4 is 10.6 Å². The van der Waals surface area contributed by atoms with Gasteiger partial charge >= 0.3 is 6.09 Å². The molecule has 24 heavy (non-hydrogen) atoms. The van der Waals surface area contributed by atoms with Crippen molar-refractivity contribution in [3.05, 3.63) is 59.1 Å². The second kappa shape index (κ2) is 7.36. The predicted molar refractivity (Wildman–Crippen MR) is 95.7 cm³/mol. The van der Waals surface area contributed by atoms with Gasteiger partial charge in [-0.2, -0.15) is 0 Å². The van der Waals surface area contributed by atoms with Crippen LogP contribution in [0, 0.1) is 0 Å². The minimum absolute atomic E-state index is 0.237. The molecule has 5 nitrogen and oxygen atoms in total. The molecule has 0 aliphatic rings. The molecule has 0 saturated carbocycles. The van der Waals surface area contributed by atoms with Crippen LogP contribution in [0.1, 0.15) is 31.1 Å². The van der Waals surface area contributed by atoms with Gasteiger partial charge in [0.1, 0.15) is 5.60 Å². The van der Waals surface area contributed by atoms with Crippen LogP contribution in [-0.2, 0) is 4.74 Å². The molecule has 0 fully saturated rings. The van der Waals surface area contributed by atoms with Crippen LogP contribution in [0.4, 0.5) is 16.2 Å². The molecule has 2 aromatic carbocycles. The Balaban J connectivity index is 1.95. The zero-order valence-corrected chi connectivity index (χ0v) is 14.5. The minimum atomic E-state index is -0.559. The van der Waals surface area contributed by atoms with Gasteiger partial charge in [0.05, 0.1) is 0 Å². The average molecular weight is 347 g/mol. The molecule has 0 unspecified atom stereocenters. The van der Waals surface area contributed by atoms with Crippen LogP contribution in [0.5, 0.6) is 0 Å². The van der Waals surface area contributed by atoms with Crippen molar-refractivity contribution in [1.29, 1.82) is 0 Å². The van der Waals surface area contributed by atoms with Crippen molar-refractivity contribution in [2.45, 2.75) is 26.4 Å². The third kappa shape index (κ3) is 5.59. The van der Waals surface area contributed by atoms with Gasteiger partial charge in [0.2, 0.25) is 0 Å². The summed E-state index contributed by atoms with van der Waals surface area (Å²) in [5.74, 6) is -0.237. The maximum Gasteiger partial charge on any atom is 0.412 e. The molecule has 0 aliphatic carbocycles. The van der Waals surface area contributed by atoms with Gasteiger partial charge in [-0.3, -0.25) is 10.1 Å². The summed E-state index contributed by atoms with van der Waals surface area (Å²) in [5.41, 5.74) is 1.14. The highest BCUT2D eigenvalue weighted by molar-refractivity contribution is 6.30. The Labute approximate surface area is 146 Å². The predicted octanol–water partition coefficient (Wildman–Crippen LogP) is 4.94. The summed E-state index contributed by atoms with van der Waals surface area (Å²) in [6.07, 6.45) is -0.527. The standard InChI is InChI=1S/C18H19ClN2O3/c1-18(2,3)24-17(23)21-15-10-8-14(9-11-15)20-16(22)12-4-6-13(19)7-5-12/h4-11H,1-3H3,(H,20,22)(H,21,23). The summed E-state index contributed by atoms with van der Waals surface area (Å²) in [4.78, 5) is 23.8. The monoisotopic (exact) mass is 346 g/mol. The van der Waals surface area contributed by atoms with Gasteiger partial charge < -0.3 is 10.1 Å². The number of nitrogens with one attached hydrogen (secondary N) is 2. The second-order valence-corrected chi connectivity index (χ2v) is 6.60. The van der Waals surface area contributed by atoms with E-state index in [2.05, 4.69) is 10.6 Å². The Morgan fingerprint density at radius 1 is 0.875 bits per heavy atom. The van der Waals surface area contributed by atoms with E-state index in [-0.39, 0.29) is 5.91 Å². The average Bonchev–Trinajstić information content (AvgIpc) is 2.48. The summed E-state index contributed by atoms with van der Waals surface area (Å²) < 4.78 is 5.17. The van der Waals surface area contributed by atoms with Gasteiger partial charge in [0.25, 0.3) is 5.91 Å². The number of ether oxygens (including phenoxy) is 1. The van der Waals surface area contributed by atoms with Gasteiger partial charge in [-0.15, -0.1) is 0 Å². The molecule has 0 bridgehead atoms. The van der Waals surface area contributed by atoms with Crippen LogP contribution in [-0.4, -0.2) is 17.6 Å². The van der Waals surface area contributed by atoms with E-state index in [0.717, 1.165) is 0 Å². The van der Waals surface area contributed by atoms with E-state index < -0.39 is 11.7 Å². The van der Waals surface area contributed by atoms with Crippen molar-refractivity contribution in [1.82, 2.24) is 0 Å². The largest absolute Gasteiger partial charge is 0.444 e. The number of halogens is 1. The lowest BCUT2D eigenvalue weighted by Gasteiger charge is -2.19. The van der Waals surface area contributed by atoms with Crippen LogP contribution in [0.15, 0.2) is 48.5 Å². The number of carbonyl (C=O) groups excluding carboxylic acids is 2. The molecule has 0 saturated heterocycles. The van der Waals surface area contributed by atoms with Gasteiger partial charge in [-0.25, -0.2) is 4.79 Å². The molecular weight excluding hydrogens is 328 g/mol. The second-order valence-electron chi connectivity index (χ2n) is 6.17. The third-order valence-corrected chi connectivity index (χ3v) is 3.15. The third-order valence-electron chi connectivity index (χ3n) is 2.89. The summed E-state index contributed by atoms with van der Waals surface area (Å²) >= 11 is 5.80. The first kappa shape index (κ1) is 17.8. The van der Waals surface area contributed by atoms with Crippen molar-refractivity contribution in [3.63, 3.8) is 0 Å². The number of amides is 2. The zero-order valence-electron chi connectivity index (χ0n) is 13.7. The van der Waals surface area contributed by atoms with E-state index in [0.29, 0.717) is 22.0 Å². The molecular formula is C18H19ClN2O3. The fourth-order valence-electron chi connectivity index (χ4n) is 1.86. The van der Waals surface area contributed by atoms with Crippen molar-refractivity contribution in [3.8, 4) is 0 Å². The number of hydrogen-bond donors (Lipinski definition) is 2. The Morgan fingerprint density at radius 2 is 1.38 bits per heavy atom. The molecule has 6 heteroatoms. The van der Waals surface area contributed by atoms with Gasteiger partial charge in [0.15, 0.2) is 0 Å². The van der Waals surface area contributed by atoms with Crippen LogP contribution >= 0.6 is 11.6 Å². The Morgan fingerprint density at radius 3 is 1.88 bits per heavy atom. The first-order chi connectivity index (χ1) is 11.2. The van der Waals surface area contributed by atoms with E-state index in [4.69, 9.17) is 16.3 Å². The summed E-state index contributed by atoms with van der Waals surface area (Å²) in [6.45, 7) is 5.38. The lowest BCUT2D eigenvalue weighted by Crippen LogP contribution is -2.27. The molecule has 2 rings (SSSR count). The maximum absolute atomic E-state index is 12.1. The summed E-state index contributed by atoms with van der Waals surface area (Å²) in [5, 5.41) is 5.97. The molecule has 2 N–H and O–H groups in total. The SMILES string of the molecule is CC(C)(C)OC(=O)Nc1ccc(NC(=O)c2ccc(Cl)cc2)cc1. The smallest absolute Gasteiger partial charge is 0.412 e. The minimum Gasteiger partial charge on any atom is -0.444 e. The van der Waals surface area contributed by atoms with Crippen molar-refractivity contribution >= 4 is 35.0 Å². The molecule has 126 valence electrons. The number of benzene rings is 2. The highest BCUT2D eigenvalue weighted by Crippen LogP contribution is 2.17. The highest BCUT2D eigenvalue weighted by Gasteiger charge is 2.16. The fourth-order valence-corrected chi connectivity index (χ4v) is 1.99. The lowest BCUT2D eigenvalue weighted by molar-refractivity contribution is 0.0635. The maximum atomic E-state index is 12.1. The van der Waals surface area contributed by atoms with Crippen molar-refractivity contribution in [2.24, 2.45) is 0 Å².